The van der Waals surface area contributed by atoms with Crippen molar-refractivity contribution < 1.29 is 24.6 Å². The normalized spacial score (nSPS) is 22.4. The predicted octanol–water partition coefficient (Wildman–Crippen LogP) is 5.64. The zero-order chi connectivity index (χ0) is 38.3. The Hall–Kier alpha value is -4.81. The number of halogens is 1. The van der Waals surface area contributed by atoms with Crippen molar-refractivity contribution in [2.45, 2.75) is 62.9 Å². The third-order valence-electron chi connectivity index (χ3n) is 12.0. The summed E-state index contributed by atoms with van der Waals surface area (Å²) in [6, 6.07) is 31.0. The van der Waals surface area contributed by atoms with Gasteiger partial charge in [0.2, 0.25) is 5.91 Å². The van der Waals surface area contributed by atoms with E-state index in [1.807, 2.05) is 83.8 Å². The number of nitrogens with one attached hydrogen (secondary N) is 1. The monoisotopic (exact) mass is 803 g/mol. The number of aliphatic hydroxyl groups is 2. The van der Waals surface area contributed by atoms with Crippen LogP contribution < -0.4 is 20.0 Å². The van der Waals surface area contributed by atoms with Gasteiger partial charge in [-0.1, -0.05) is 89.6 Å². The largest absolute Gasteiger partial charge is 0.394 e. The first-order valence-corrected chi connectivity index (χ1v) is 19.9. The van der Waals surface area contributed by atoms with Gasteiger partial charge < -0.3 is 30.2 Å². The number of benzene rings is 4. The van der Waals surface area contributed by atoms with Crippen LogP contribution in [0.15, 0.2) is 114 Å². The van der Waals surface area contributed by atoms with Crippen LogP contribution in [-0.2, 0) is 39.5 Å². The Labute approximate surface area is 330 Å². The molecule has 2 fully saturated rings. The number of rotatable bonds is 9. The van der Waals surface area contributed by atoms with Crippen LogP contribution in [0, 0.1) is 5.92 Å². The minimum absolute atomic E-state index is 0.0733. The smallest absolute Gasteiger partial charge is 0.264 e. The molecule has 0 bridgehead atoms. The topological polar surface area (TPSA) is 117 Å². The van der Waals surface area contributed by atoms with E-state index in [-0.39, 0.29) is 37.4 Å². The van der Waals surface area contributed by atoms with Crippen LogP contribution in [0.3, 0.4) is 0 Å². The van der Waals surface area contributed by atoms with Crippen LogP contribution in [0.2, 0.25) is 0 Å². The van der Waals surface area contributed by atoms with Crippen LogP contribution in [0.5, 0.6) is 0 Å². The van der Waals surface area contributed by atoms with Crippen molar-refractivity contribution in [3.05, 3.63) is 136 Å². The molecule has 10 nitrogen and oxygen atoms in total. The highest BCUT2D eigenvalue weighted by Crippen LogP contribution is 2.47. The van der Waals surface area contributed by atoms with Crippen LogP contribution >= 0.6 is 15.9 Å². The van der Waals surface area contributed by atoms with Gasteiger partial charge in [0.1, 0.15) is 5.54 Å². The van der Waals surface area contributed by atoms with Gasteiger partial charge in [-0.3, -0.25) is 19.3 Å². The molecule has 11 heteroatoms. The molecule has 284 valence electrons. The molecule has 4 aromatic carbocycles. The minimum atomic E-state index is -1.88. The number of aliphatic hydroxyl groups excluding tert-OH is 1. The highest BCUT2D eigenvalue weighted by atomic mass is 79.9. The standard InChI is InChI=1S/C44H46BrN5O5/c1-30(9-7-16-40(52)47-27-33-12-6-5-11-32(33)24-37(47)28-51)44(55)38-25-34(45)17-18-39(38)48(42(44)54)26-31-10-8-15-36(23-31)49-29-50(35-13-3-2-4-14-35)43(41(49)53)19-21-46-22-20-43/h2-15,17-18,23,25,30,37,46,51,55H,16,19-22,24,26-29H2,1H3/b9-7+/t30-,37+,44+/m1/s1. The highest BCUT2D eigenvalue weighted by Gasteiger charge is 2.54. The van der Waals surface area contributed by atoms with E-state index in [1.54, 1.807) is 34.9 Å². The van der Waals surface area contributed by atoms with Crippen LogP contribution in [0.4, 0.5) is 17.1 Å². The first kappa shape index (κ1) is 37.1. The second kappa shape index (κ2) is 15.0. The molecular formula is C44H46BrN5O5. The molecule has 3 atom stereocenters. The van der Waals surface area contributed by atoms with E-state index in [2.05, 4.69) is 38.3 Å². The van der Waals surface area contributed by atoms with Crippen LogP contribution in [-0.4, -0.2) is 70.8 Å². The SMILES string of the molecule is C[C@H](/C=C/CC(=O)N1Cc2ccccc2C[C@H]1CO)[C@@]1(O)C(=O)N(Cc2cccc(N3CN(c4ccccc4)C4(CCNCC4)C3=O)c2)c2ccc(Br)cc21. The summed E-state index contributed by atoms with van der Waals surface area (Å²) < 4.78 is 0.732. The fourth-order valence-electron chi connectivity index (χ4n) is 8.92. The lowest BCUT2D eigenvalue weighted by atomic mass is 9.83. The fraction of sp³-hybridized carbons (Fsp3) is 0.341. The number of para-hydroxylation sites is 1. The summed E-state index contributed by atoms with van der Waals surface area (Å²) in [5.41, 5.74) is 3.40. The Balaban J connectivity index is 1.01. The molecule has 0 radical (unpaired) electrons. The van der Waals surface area contributed by atoms with Gasteiger partial charge in [-0.15, -0.1) is 0 Å². The van der Waals surface area contributed by atoms with Crippen molar-refractivity contribution in [2.24, 2.45) is 5.92 Å². The zero-order valence-corrected chi connectivity index (χ0v) is 32.5. The number of carbonyl (C=O) groups excluding carboxylic acids is 3. The lowest BCUT2D eigenvalue weighted by molar-refractivity contribution is -0.139. The van der Waals surface area contributed by atoms with Crippen molar-refractivity contribution in [2.75, 3.05) is 41.1 Å². The molecule has 0 unspecified atom stereocenters. The quantitative estimate of drug-likeness (QED) is 0.188. The summed E-state index contributed by atoms with van der Waals surface area (Å²) in [6.07, 6.45) is 5.55. The number of hydrogen-bond donors (Lipinski definition) is 3. The summed E-state index contributed by atoms with van der Waals surface area (Å²) >= 11 is 3.54. The van der Waals surface area contributed by atoms with Crippen LogP contribution in [0.25, 0.3) is 0 Å². The van der Waals surface area contributed by atoms with E-state index in [1.165, 1.54) is 0 Å². The van der Waals surface area contributed by atoms with Gasteiger partial charge in [0.15, 0.2) is 5.60 Å². The second-order valence-electron chi connectivity index (χ2n) is 15.2. The molecule has 0 aromatic heterocycles. The maximum absolute atomic E-state index is 14.4. The molecule has 8 rings (SSSR count). The molecule has 4 heterocycles. The number of nitrogens with zero attached hydrogens (tertiary/aromatic N) is 4. The van der Waals surface area contributed by atoms with E-state index in [9.17, 15) is 24.6 Å². The number of piperidine rings is 1. The van der Waals surface area contributed by atoms with Gasteiger partial charge >= 0.3 is 0 Å². The fourth-order valence-corrected chi connectivity index (χ4v) is 9.28. The molecule has 55 heavy (non-hydrogen) atoms. The Morgan fingerprint density at radius 3 is 2.42 bits per heavy atom. The molecule has 3 N–H and O–H groups in total. The lowest BCUT2D eigenvalue weighted by Gasteiger charge is -2.39. The van der Waals surface area contributed by atoms with Gasteiger partial charge in [-0.2, -0.15) is 0 Å². The van der Waals surface area contributed by atoms with E-state index in [0.29, 0.717) is 43.7 Å². The number of amides is 3. The van der Waals surface area contributed by atoms with E-state index in [0.717, 1.165) is 45.6 Å². The van der Waals surface area contributed by atoms with E-state index < -0.39 is 23.0 Å². The van der Waals surface area contributed by atoms with Crippen molar-refractivity contribution in [3.63, 3.8) is 0 Å². The molecule has 3 amide bonds. The molecule has 2 saturated heterocycles. The van der Waals surface area contributed by atoms with Gasteiger partial charge in [0, 0.05) is 40.3 Å². The predicted molar refractivity (Wildman–Crippen MR) is 216 cm³/mol. The maximum Gasteiger partial charge on any atom is 0.264 e. The van der Waals surface area contributed by atoms with Gasteiger partial charge in [-0.05, 0) is 91.5 Å². The highest BCUT2D eigenvalue weighted by molar-refractivity contribution is 9.10. The van der Waals surface area contributed by atoms with Gasteiger partial charge in [-0.25, -0.2) is 0 Å². The van der Waals surface area contributed by atoms with Crippen molar-refractivity contribution >= 4 is 50.7 Å². The van der Waals surface area contributed by atoms with Gasteiger partial charge in [0.05, 0.1) is 31.5 Å². The van der Waals surface area contributed by atoms with Crippen molar-refractivity contribution in [1.29, 1.82) is 0 Å². The molecule has 0 aliphatic carbocycles. The second-order valence-corrected chi connectivity index (χ2v) is 16.1. The summed E-state index contributed by atoms with van der Waals surface area (Å²) in [7, 11) is 0. The van der Waals surface area contributed by atoms with Crippen molar-refractivity contribution in [3.8, 4) is 0 Å². The molecule has 0 saturated carbocycles. The Morgan fingerprint density at radius 2 is 1.65 bits per heavy atom. The first-order chi connectivity index (χ1) is 26.6. The van der Waals surface area contributed by atoms with E-state index >= 15 is 0 Å². The summed E-state index contributed by atoms with van der Waals surface area (Å²) in [5.74, 6) is -1.17. The van der Waals surface area contributed by atoms with Crippen molar-refractivity contribution in [1.82, 2.24) is 10.2 Å². The lowest BCUT2D eigenvalue weighted by Crippen LogP contribution is -2.55. The van der Waals surface area contributed by atoms with Crippen LogP contribution in [0.1, 0.15) is 48.4 Å². The summed E-state index contributed by atoms with van der Waals surface area (Å²) in [4.78, 5) is 49.6. The van der Waals surface area contributed by atoms with E-state index in [4.69, 9.17) is 0 Å². The summed E-state index contributed by atoms with van der Waals surface area (Å²) in [5, 5.41) is 25.8. The average molecular weight is 805 g/mol. The third-order valence-corrected chi connectivity index (χ3v) is 12.5. The zero-order valence-electron chi connectivity index (χ0n) is 30.9. The summed E-state index contributed by atoms with van der Waals surface area (Å²) in [6.45, 7) is 4.23. The number of carbonyl (C=O) groups is 3. The number of hydrogen-bond acceptors (Lipinski definition) is 7. The number of fused-ring (bicyclic) bond motifs is 2. The maximum atomic E-state index is 14.4. The molecule has 4 aromatic rings. The molecule has 4 aliphatic rings. The molecular weight excluding hydrogens is 758 g/mol. The molecule has 4 aliphatic heterocycles. The first-order valence-electron chi connectivity index (χ1n) is 19.1. The molecule has 1 spiro atoms. The Kier molecular flexibility index (Phi) is 10.1. The Bertz CT molecular complexity index is 2140. The average Bonchev–Trinajstić information content (AvgIpc) is 3.60. The van der Waals surface area contributed by atoms with Gasteiger partial charge in [0.25, 0.3) is 11.8 Å². The Morgan fingerprint density at radius 1 is 0.927 bits per heavy atom. The number of anilines is 3. The third kappa shape index (κ3) is 6.56. The minimum Gasteiger partial charge on any atom is -0.394 e.